The maximum absolute atomic E-state index is 3.50. The summed E-state index contributed by atoms with van der Waals surface area (Å²) in [4.78, 5) is 0. The van der Waals surface area contributed by atoms with Gasteiger partial charge in [0.1, 0.15) is 5.50 Å². The van der Waals surface area contributed by atoms with Gasteiger partial charge in [0, 0.05) is 6.04 Å². The summed E-state index contributed by atoms with van der Waals surface area (Å²) >= 11 is 2.01. The van der Waals surface area contributed by atoms with E-state index in [0.29, 0.717) is 16.9 Å². The molecule has 1 saturated carbocycles. The van der Waals surface area contributed by atoms with Crippen molar-refractivity contribution in [3.8, 4) is 0 Å². The third-order valence-corrected chi connectivity index (χ3v) is 4.52. The molecule has 2 rings (SSSR count). The number of thioether (sulfide) groups is 1. The molecule has 0 aromatic heterocycles. The average Bonchev–Trinajstić information content (AvgIpc) is 2.67. The molecular formula is C11H23N3S. The molecule has 1 heterocycles. The van der Waals surface area contributed by atoms with Crippen LogP contribution in [0.1, 0.15) is 46.0 Å². The summed E-state index contributed by atoms with van der Waals surface area (Å²) in [5.41, 5.74) is 7.16. The molecule has 15 heavy (non-hydrogen) atoms. The maximum atomic E-state index is 3.50. The van der Waals surface area contributed by atoms with Crippen molar-refractivity contribution in [2.75, 3.05) is 0 Å². The van der Waals surface area contributed by atoms with Gasteiger partial charge in [-0.3, -0.25) is 5.32 Å². The number of nitrogens with one attached hydrogen (secondary N) is 3. The predicted octanol–water partition coefficient (Wildman–Crippen LogP) is 2.02. The minimum Gasteiger partial charge on any atom is -0.290 e. The van der Waals surface area contributed by atoms with Crippen molar-refractivity contribution >= 4 is 11.8 Å². The average molecular weight is 229 g/mol. The van der Waals surface area contributed by atoms with Gasteiger partial charge in [-0.25, -0.2) is 10.9 Å². The lowest BCUT2D eigenvalue weighted by atomic mass is 9.89. The lowest BCUT2D eigenvalue weighted by Gasteiger charge is -2.26. The van der Waals surface area contributed by atoms with Gasteiger partial charge in [0.2, 0.25) is 0 Å². The molecule has 1 saturated heterocycles. The summed E-state index contributed by atoms with van der Waals surface area (Å²) in [6.07, 6.45) is 7.09. The molecular weight excluding hydrogens is 206 g/mol. The lowest BCUT2D eigenvalue weighted by Crippen LogP contribution is -2.44. The topological polar surface area (TPSA) is 36.1 Å². The highest BCUT2D eigenvalue weighted by Gasteiger charge is 2.31. The van der Waals surface area contributed by atoms with Crippen molar-refractivity contribution in [3.63, 3.8) is 0 Å². The zero-order valence-electron chi connectivity index (χ0n) is 9.75. The van der Waals surface area contributed by atoms with Gasteiger partial charge in [0.15, 0.2) is 0 Å². The van der Waals surface area contributed by atoms with Crippen molar-refractivity contribution in [1.29, 1.82) is 0 Å². The van der Waals surface area contributed by atoms with Gasteiger partial charge >= 0.3 is 0 Å². The number of rotatable bonds is 3. The quantitative estimate of drug-likeness (QED) is 0.692. The number of hydrogen-bond donors (Lipinski definition) is 3. The normalized spacial score (nSPS) is 33.8. The second-order valence-electron chi connectivity index (χ2n) is 4.94. The van der Waals surface area contributed by atoms with Crippen LogP contribution in [-0.4, -0.2) is 16.9 Å². The van der Waals surface area contributed by atoms with Gasteiger partial charge in [0.05, 0.1) is 5.37 Å². The van der Waals surface area contributed by atoms with Gasteiger partial charge in [-0.15, -0.1) is 11.8 Å². The van der Waals surface area contributed by atoms with E-state index in [4.69, 9.17) is 0 Å². The van der Waals surface area contributed by atoms with E-state index in [1.807, 2.05) is 11.8 Å². The van der Waals surface area contributed by atoms with Crippen LogP contribution < -0.4 is 16.2 Å². The molecule has 3 nitrogen and oxygen atoms in total. The Hall–Kier alpha value is 0.230. The van der Waals surface area contributed by atoms with Gasteiger partial charge < -0.3 is 0 Å². The summed E-state index contributed by atoms with van der Waals surface area (Å²) in [5.74, 6) is 0.871. The molecule has 2 atom stereocenters. The van der Waals surface area contributed by atoms with Gasteiger partial charge in [-0.05, 0) is 32.6 Å². The molecule has 3 N–H and O–H groups in total. The Morgan fingerprint density at radius 2 is 1.87 bits per heavy atom. The smallest absolute Gasteiger partial charge is 0.120 e. The fourth-order valence-corrected chi connectivity index (χ4v) is 3.83. The van der Waals surface area contributed by atoms with E-state index in [-0.39, 0.29) is 0 Å². The predicted molar refractivity (Wildman–Crippen MR) is 66.3 cm³/mol. The van der Waals surface area contributed by atoms with Crippen molar-refractivity contribution < 1.29 is 0 Å². The summed E-state index contributed by atoms with van der Waals surface area (Å²) in [6.45, 7) is 4.38. The maximum Gasteiger partial charge on any atom is 0.120 e. The Morgan fingerprint density at radius 3 is 2.53 bits per heavy atom. The molecule has 1 aliphatic carbocycles. The molecule has 2 aliphatic rings. The van der Waals surface area contributed by atoms with Gasteiger partial charge in [-0.1, -0.05) is 19.3 Å². The highest BCUT2D eigenvalue weighted by Crippen LogP contribution is 2.34. The molecule has 0 amide bonds. The molecule has 2 fully saturated rings. The lowest BCUT2D eigenvalue weighted by molar-refractivity contribution is 0.313. The standard InChI is InChI=1S/C11H23N3S/c1-8(2)12-11-14-13-10(15-11)9-6-4-3-5-7-9/h8-14H,3-7H2,1-2H3. The van der Waals surface area contributed by atoms with Crippen LogP contribution in [-0.2, 0) is 0 Å². The molecule has 4 heteroatoms. The second-order valence-corrected chi connectivity index (χ2v) is 6.20. The summed E-state index contributed by atoms with van der Waals surface area (Å²) in [7, 11) is 0. The van der Waals surface area contributed by atoms with Gasteiger partial charge in [-0.2, -0.15) is 0 Å². The van der Waals surface area contributed by atoms with Crippen LogP contribution in [0.3, 0.4) is 0 Å². The van der Waals surface area contributed by atoms with E-state index in [2.05, 4.69) is 30.0 Å². The van der Waals surface area contributed by atoms with Crippen LogP contribution in [0.5, 0.6) is 0 Å². The molecule has 0 radical (unpaired) electrons. The molecule has 88 valence electrons. The van der Waals surface area contributed by atoms with Crippen molar-refractivity contribution in [3.05, 3.63) is 0 Å². The van der Waals surface area contributed by atoms with E-state index in [0.717, 1.165) is 5.92 Å². The van der Waals surface area contributed by atoms with Crippen LogP contribution in [0.15, 0.2) is 0 Å². The summed E-state index contributed by atoms with van der Waals surface area (Å²) in [5, 5.41) is 4.11. The molecule has 0 aromatic carbocycles. The largest absolute Gasteiger partial charge is 0.290 e. The molecule has 2 unspecified atom stereocenters. The third kappa shape index (κ3) is 3.34. The Morgan fingerprint density at radius 1 is 1.13 bits per heavy atom. The zero-order chi connectivity index (χ0) is 10.7. The van der Waals surface area contributed by atoms with E-state index in [9.17, 15) is 0 Å². The van der Waals surface area contributed by atoms with E-state index in [1.54, 1.807) is 0 Å². The van der Waals surface area contributed by atoms with E-state index >= 15 is 0 Å². The van der Waals surface area contributed by atoms with E-state index < -0.39 is 0 Å². The monoisotopic (exact) mass is 229 g/mol. The van der Waals surface area contributed by atoms with E-state index in [1.165, 1.54) is 32.1 Å². The second kappa shape index (κ2) is 5.53. The minimum atomic E-state index is 0.386. The molecule has 0 bridgehead atoms. The first-order chi connectivity index (χ1) is 7.25. The fraction of sp³-hybridized carbons (Fsp3) is 1.00. The van der Waals surface area contributed by atoms with Crippen LogP contribution in [0, 0.1) is 5.92 Å². The summed E-state index contributed by atoms with van der Waals surface area (Å²) < 4.78 is 0. The Bertz CT molecular complexity index is 192. The highest BCUT2D eigenvalue weighted by molar-refractivity contribution is 8.00. The minimum absolute atomic E-state index is 0.386. The Labute approximate surface area is 97.1 Å². The highest BCUT2D eigenvalue weighted by atomic mass is 32.2. The van der Waals surface area contributed by atoms with Crippen LogP contribution in [0.4, 0.5) is 0 Å². The van der Waals surface area contributed by atoms with Crippen molar-refractivity contribution in [2.24, 2.45) is 5.92 Å². The first-order valence-corrected chi connectivity index (χ1v) is 7.12. The van der Waals surface area contributed by atoms with Crippen LogP contribution in [0.25, 0.3) is 0 Å². The Kier molecular flexibility index (Phi) is 4.31. The first kappa shape index (κ1) is 11.7. The third-order valence-electron chi connectivity index (χ3n) is 3.20. The van der Waals surface area contributed by atoms with Gasteiger partial charge in [0.25, 0.3) is 0 Å². The van der Waals surface area contributed by atoms with Crippen LogP contribution >= 0.6 is 11.8 Å². The van der Waals surface area contributed by atoms with Crippen LogP contribution in [0.2, 0.25) is 0 Å². The molecule has 1 aliphatic heterocycles. The molecule has 0 aromatic rings. The fourth-order valence-electron chi connectivity index (χ4n) is 2.42. The summed E-state index contributed by atoms with van der Waals surface area (Å²) in [6, 6.07) is 0.543. The Balaban J connectivity index is 1.76. The SMILES string of the molecule is CC(C)NC1NNC(C2CCCCC2)S1. The first-order valence-electron chi connectivity index (χ1n) is 6.18. The van der Waals surface area contributed by atoms with Crippen molar-refractivity contribution in [1.82, 2.24) is 16.2 Å². The molecule has 0 spiro atoms. The number of hydrazine groups is 1. The van der Waals surface area contributed by atoms with Crippen molar-refractivity contribution in [2.45, 2.75) is 62.9 Å². The zero-order valence-corrected chi connectivity index (χ0v) is 10.6. The number of hydrogen-bond acceptors (Lipinski definition) is 4.